The molecule has 1 unspecified atom stereocenters. The number of ketones is 1. The minimum atomic E-state index is -0.818. The number of aryl methyl sites for hydroxylation is 1. The Hall–Kier alpha value is -3.48. The highest BCUT2D eigenvalue weighted by Gasteiger charge is 2.17. The molecule has 164 valence electrons. The normalized spacial score (nSPS) is 12.0. The van der Waals surface area contributed by atoms with Gasteiger partial charge in [-0.25, -0.2) is 4.79 Å². The number of esters is 1. The van der Waals surface area contributed by atoms with E-state index in [0.29, 0.717) is 16.1 Å². The predicted molar refractivity (Wildman–Crippen MR) is 123 cm³/mol. The minimum absolute atomic E-state index is 0.119. The Morgan fingerprint density at radius 3 is 2.41 bits per heavy atom. The lowest BCUT2D eigenvalue weighted by atomic mass is 10.0. The first kappa shape index (κ1) is 23.2. The van der Waals surface area contributed by atoms with Crippen molar-refractivity contribution in [1.29, 1.82) is 0 Å². The Labute approximate surface area is 190 Å². The van der Waals surface area contributed by atoms with Gasteiger partial charge < -0.3 is 14.9 Å². The molecule has 1 atom stereocenters. The zero-order chi connectivity index (χ0) is 23.1. The lowest BCUT2D eigenvalue weighted by Crippen LogP contribution is -2.24. The molecule has 0 saturated carbocycles. The molecule has 0 fully saturated rings. The smallest absolute Gasteiger partial charge is 0.343 e. The monoisotopic (exact) mass is 451 g/mol. The standard InChI is InChI=1S/C25H22ClNO5/c1-16-2-6-19(7-3-16)25(31)32-22-11-18(10-20(26)13-22)14-27-23(24(30)15-28)12-17-4-8-21(29)9-5-17/h2-11,13-14,23,28-29H,12,15H2,1H3. The Morgan fingerprint density at radius 2 is 1.75 bits per heavy atom. The molecule has 3 aromatic rings. The molecule has 0 aliphatic rings. The van der Waals surface area contributed by atoms with Crippen LogP contribution in [0.15, 0.2) is 71.7 Å². The number of aliphatic hydroxyl groups is 1. The molecule has 0 aromatic heterocycles. The molecule has 0 aliphatic carbocycles. The van der Waals surface area contributed by atoms with Crippen LogP contribution in [-0.4, -0.2) is 40.8 Å². The van der Waals surface area contributed by atoms with E-state index in [-0.39, 0.29) is 17.9 Å². The van der Waals surface area contributed by atoms with E-state index in [0.717, 1.165) is 11.1 Å². The van der Waals surface area contributed by atoms with Crippen LogP contribution < -0.4 is 4.74 Å². The van der Waals surface area contributed by atoms with Crippen LogP contribution >= 0.6 is 11.6 Å². The van der Waals surface area contributed by atoms with Crippen LogP contribution in [0.1, 0.15) is 27.0 Å². The molecular weight excluding hydrogens is 430 g/mol. The van der Waals surface area contributed by atoms with Crippen molar-refractivity contribution in [2.75, 3.05) is 6.61 Å². The van der Waals surface area contributed by atoms with Gasteiger partial charge in [0, 0.05) is 17.7 Å². The number of benzene rings is 3. The maximum atomic E-state index is 12.4. The number of hydrogen-bond acceptors (Lipinski definition) is 6. The summed E-state index contributed by atoms with van der Waals surface area (Å²) in [4.78, 5) is 28.9. The number of aliphatic hydroxyl groups excluding tert-OH is 1. The van der Waals surface area contributed by atoms with Crippen molar-refractivity contribution in [1.82, 2.24) is 0 Å². The number of phenolic OH excluding ortho intramolecular Hbond substituents is 1. The second kappa shape index (κ2) is 10.7. The average molecular weight is 452 g/mol. The first-order chi connectivity index (χ1) is 15.3. The summed E-state index contributed by atoms with van der Waals surface area (Å²) in [6.07, 6.45) is 1.71. The summed E-state index contributed by atoms with van der Waals surface area (Å²) in [7, 11) is 0. The first-order valence-corrected chi connectivity index (χ1v) is 10.3. The van der Waals surface area contributed by atoms with Gasteiger partial charge in [-0.1, -0.05) is 41.4 Å². The van der Waals surface area contributed by atoms with Crippen LogP contribution in [0.25, 0.3) is 0 Å². The molecule has 32 heavy (non-hydrogen) atoms. The minimum Gasteiger partial charge on any atom is -0.508 e. The molecule has 2 N–H and O–H groups in total. The van der Waals surface area contributed by atoms with Crippen molar-refractivity contribution in [3.63, 3.8) is 0 Å². The van der Waals surface area contributed by atoms with Crippen LogP contribution in [0, 0.1) is 6.92 Å². The number of rotatable bonds is 8. The highest BCUT2D eigenvalue weighted by Crippen LogP contribution is 2.22. The summed E-state index contributed by atoms with van der Waals surface area (Å²) < 4.78 is 5.43. The van der Waals surface area contributed by atoms with Gasteiger partial charge in [0.1, 0.15) is 24.1 Å². The molecule has 0 radical (unpaired) electrons. The number of carbonyl (C=O) groups excluding carboxylic acids is 2. The lowest BCUT2D eigenvalue weighted by molar-refractivity contribution is -0.122. The zero-order valence-electron chi connectivity index (χ0n) is 17.4. The third kappa shape index (κ3) is 6.51. The van der Waals surface area contributed by atoms with E-state index < -0.39 is 24.4 Å². The maximum Gasteiger partial charge on any atom is 0.343 e. The summed E-state index contributed by atoms with van der Waals surface area (Å²) in [5, 5.41) is 19.0. The molecule has 3 aromatic carbocycles. The number of aliphatic imine (C=N–C) groups is 1. The largest absolute Gasteiger partial charge is 0.508 e. The van der Waals surface area contributed by atoms with E-state index in [1.165, 1.54) is 24.4 Å². The van der Waals surface area contributed by atoms with Crippen LogP contribution in [0.5, 0.6) is 11.5 Å². The van der Waals surface area contributed by atoms with E-state index >= 15 is 0 Å². The van der Waals surface area contributed by atoms with E-state index in [1.807, 2.05) is 19.1 Å². The fraction of sp³-hybridized carbons (Fsp3) is 0.160. The van der Waals surface area contributed by atoms with Crippen LogP contribution in [0.3, 0.4) is 0 Å². The quantitative estimate of drug-likeness (QED) is 0.304. The topological polar surface area (TPSA) is 96.2 Å². The Bertz CT molecular complexity index is 1120. The average Bonchev–Trinajstić information content (AvgIpc) is 2.77. The van der Waals surface area contributed by atoms with Crippen molar-refractivity contribution in [3.05, 3.63) is 94.0 Å². The zero-order valence-corrected chi connectivity index (χ0v) is 18.1. The van der Waals surface area contributed by atoms with Gasteiger partial charge in [-0.05, 0) is 60.5 Å². The SMILES string of the molecule is Cc1ccc(C(=O)Oc2cc(Cl)cc(C=NC(Cc3ccc(O)cc3)C(=O)CO)c2)cc1. The lowest BCUT2D eigenvalue weighted by Gasteiger charge is -2.11. The van der Waals surface area contributed by atoms with E-state index in [4.69, 9.17) is 16.3 Å². The highest BCUT2D eigenvalue weighted by atomic mass is 35.5. The molecule has 7 heteroatoms. The Balaban J connectivity index is 1.77. The number of halogens is 1. The number of hydrogen-bond donors (Lipinski definition) is 2. The summed E-state index contributed by atoms with van der Waals surface area (Å²) in [6.45, 7) is 1.28. The van der Waals surface area contributed by atoms with Gasteiger partial charge in [-0.2, -0.15) is 0 Å². The summed E-state index contributed by atoms with van der Waals surface area (Å²) in [6, 6.07) is 17.3. The Kier molecular flexibility index (Phi) is 7.76. The summed E-state index contributed by atoms with van der Waals surface area (Å²) >= 11 is 6.17. The Morgan fingerprint density at radius 1 is 1.06 bits per heavy atom. The summed E-state index contributed by atoms with van der Waals surface area (Å²) in [5.74, 6) is -0.597. The van der Waals surface area contributed by atoms with Gasteiger partial charge in [0.2, 0.25) is 0 Å². The third-order valence-electron chi connectivity index (χ3n) is 4.69. The van der Waals surface area contributed by atoms with Crippen molar-refractivity contribution >= 4 is 29.6 Å². The second-order valence-corrected chi connectivity index (χ2v) is 7.70. The number of phenols is 1. The molecule has 3 rings (SSSR count). The van der Waals surface area contributed by atoms with Crippen LogP contribution in [-0.2, 0) is 11.2 Å². The van der Waals surface area contributed by atoms with Gasteiger partial charge in [-0.3, -0.25) is 9.79 Å². The van der Waals surface area contributed by atoms with Crippen molar-refractivity contribution in [2.24, 2.45) is 4.99 Å². The highest BCUT2D eigenvalue weighted by molar-refractivity contribution is 6.31. The fourth-order valence-corrected chi connectivity index (χ4v) is 3.19. The van der Waals surface area contributed by atoms with Gasteiger partial charge >= 0.3 is 5.97 Å². The second-order valence-electron chi connectivity index (χ2n) is 7.26. The molecule has 0 amide bonds. The fourth-order valence-electron chi connectivity index (χ4n) is 2.96. The molecule has 0 saturated heterocycles. The number of carbonyl (C=O) groups is 2. The molecule has 6 nitrogen and oxygen atoms in total. The maximum absolute atomic E-state index is 12.4. The molecule has 0 bridgehead atoms. The van der Waals surface area contributed by atoms with Crippen molar-refractivity contribution in [2.45, 2.75) is 19.4 Å². The number of nitrogens with zero attached hydrogens (tertiary/aromatic N) is 1. The predicted octanol–water partition coefficient (Wildman–Crippen LogP) is 4.16. The van der Waals surface area contributed by atoms with E-state index in [2.05, 4.69) is 4.99 Å². The number of ether oxygens (including phenoxy) is 1. The van der Waals surface area contributed by atoms with Crippen LogP contribution in [0.2, 0.25) is 5.02 Å². The van der Waals surface area contributed by atoms with Crippen LogP contribution in [0.4, 0.5) is 0 Å². The third-order valence-corrected chi connectivity index (χ3v) is 4.91. The molecule has 0 spiro atoms. The number of aromatic hydroxyl groups is 1. The van der Waals surface area contributed by atoms with Crippen molar-refractivity contribution in [3.8, 4) is 11.5 Å². The van der Waals surface area contributed by atoms with Gasteiger partial charge in [0.25, 0.3) is 0 Å². The van der Waals surface area contributed by atoms with Gasteiger partial charge in [0.15, 0.2) is 5.78 Å². The van der Waals surface area contributed by atoms with E-state index in [1.54, 1.807) is 36.4 Å². The first-order valence-electron chi connectivity index (χ1n) is 9.88. The van der Waals surface area contributed by atoms with Gasteiger partial charge in [0.05, 0.1) is 5.56 Å². The van der Waals surface area contributed by atoms with Gasteiger partial charge in [-0.15, -0.1) is 0 Å². The van der Waals surface area contributed by atoms with Crippen molar-refractivity contribution < 1.29 is 24.5 Å². The molecule has 0 heterocycles. The van der Waals surface area contributed by atoms with E-state index in [9.17, 15) is 19.8 Å². The summed E-state index contributed by atoms with van der Waals surface area (Å²) in [5.41, 5.74) is 2.76. The molecule has 0 aliphatic heterocycles. The molecular formula is C25H22ClNO5. The number of Topliss-reactive ketones (excluding diaryl/α,β-unsaturated/α-hetero) is 1.